The van der Waals surface area contributed by atoms with E-state index in [4.69, 9.17) is 0 Å². The molecule has 0 saturated carbocycles. The number of nitrogens with one attached hydrogen (secondary N) is 2. The van der Waals surface area contributed by atoms with Crippen molar-refractivity contribution < 1.29 is 36.3 Å². The molecule has 0 aliphatic rings. The topological polar surface area (TPSA) is 67.4 Å². The lowest BCUT2D eigenvalue weighted by molar-refractivity contribution is -0.274. The molecule has 1 unspecified atom stereocenters. The summed E-state index contributed by atoms with van der Waals surface area (Å²) in [6.45, 7) is 0. The molecule has 2 amide bonds. The first-order valence-corrected chi connectivity index (χ1v) is 7.89. The van der Waals surface area contributed by atoms with E-state index >= 15 is 0 Å². The molecule has 2 N–H and O–H groups in total. The second kappa shape index (κ2) is 8.68. The smallest absolute Gasteiger partial charge is 0.406 e. The number of carbonyl (C=O) groups is 2. The Bertz CT molecular complexity index is 853. The highest BCUT2D eigenvalue weighted by molar-refractivity contribution is 5.89. The number of likely N-dealkylation sites (N-methyl/N-ethyl adjacent to an activating group) is 1. The van der Waals surface area contributed by atoms with Crippen LogP contribution in [0.3, 0.4) is 0 Å². The van der Waals surface area contributed by atoms with Gasteiger partial charge in [-0.3, -0.25) is 9.59 Å². The Morgan fingerprint density at radius 1 is 1.04 bits per heavy atom. The lowest BCUT2D eigenvalue weighted by Crippen LogP contribution is -2.39. The van der Waals surface area contributed by atoms with E-state index in [9.17, 15) is 31.5 Å². The number of halogens is 5. The molecule has 2 aromatic carbocycles. The van der Waals surface area contributed by atoms with Crippen LogP contribution in [-0.4, -0.2) is 25.2 Å². The third kappa shape index (κ3) is 5.93. The van der Waals surface area contributed by atoms with Gasteiger partial charge in [-0.05, 0) is 35.4 Å². The number of hydrogen-bond acceptors (Lipinski definition) is 3. The van der Waals surface area contributed by atoms with Gasteiger partial charge in [-0.15, -0.1) is 13.2 Å². The molecule has 0 radical (unpaired) electrons. The molecule has 0 aliphatic carbocycles. The predicted molar refractivity (Wildman–Crippen MR) is 88.1 cm³/mol. The van der Waals surface area contributed by atoms with Gasteiger partial charge in [0.25, 0.3) is 0 Å². The molecule has 28 heavy (non-hydrogen) atoms. The second-order valence-corrected chi connectivity index (χ2v) is 5.66. The second-order valence-electron chi connectivity index (χ2n) is 5.66. The van der Waals surface area contributed by atoms with Crippen LogP contribution in [0.2, 0.25) is 0 Å². The minimum Gasteiger partial charge on any atom is -0.406 e. The third-order valence-corrected chi connectivity index (χ3v) is 3.61. The zero-order valence-corrected chi connectivity index (χ0v) is 14.4. The third-order valence-electron chi connectivity index (χ3n) is 3.61. The minimum atomic E-state index is -4.83. The van der Waals surface area contributed by atoms with E-state index in [2.05, 4.69) is 15.4 Å². The molecule has 0 fully saturated rings. The van der Waals surface area contributed by atoms with Gasteiger partial charge in [0.05, 0.1) is 6.42 Å². The van der Waals surface area contributed by atoms with E-state index in [1.807, 2.05) is 0 Å². The number of hydrogen-bond donors (Lipinski definition) is 2. The number of ether oxygens (including phenoxy) is 1. The van der Waals surface area contributed by atoms with Crippen LogP contribution in [0.1, 0.15) is 17.2 Å². The first kappa shape index (κ1) is 21.1. The average Bonchev–Trinajstić information content (AvgIpc) is 2.62. The van der Waals surface area contributed by atoms with Crippen molar-refractivity contribution in [3.05, 3.63) is 65.2 Å². The molecule has 150 valence electrons. The highest BCUT2D eigenvalue weighted by Crippen LogP contribution is 2.23. The van der Waals surface area contributed by atoms with E-state index < -0.39 is 41.6 Å². The Hall–Kier alpha value is -3.17. The average molecular weight is 402 g/mol. The van der Waals surface area contributed by atoms with E-state index in [0.29, 0.717) is 5.56 Å². The zero-order chi connectivity index (χ0) is 20.9. The van der Waals surface area contributed by atoms with Crippen molar-refractivity contribution in [3.8, 4) is 5.75 Å². The summed E-state index contributed by atoms with van der Waals surface area (Å²) in [7, 11) is 1.31. The molecule has 0 aromatic heterocycles. The summed E-state index contributed by atoms with van der Waals surface area (Å²) in [5.74, 6) is -4.04. The Labute approximate surface area is 156 Å². The van der Waals surface area contributed by atoms with Crippen LogP contribution in [0.4, 0.5) is 22.0 Å². The molecule has 2 rings (SSSR count). The van der Waals surface area contributed by atoms with Crippen molar-refractivity contribution in [1.29, 1.82) is 0 Å². The molecule has 0 saturated heterocycles. The summed E-state index contributed by atoms with van der Waals surface area (Å²) < 4.78 is 66.7. The van der Waals surface area contributed by atoms with Crippen molar-refractivity contribution in [1.82, 2.24) is 10.6 Å². The normalized spacial score (nSPS) is 12.2. The van der Waals surface area contributed by atoms with Gasteiger partial charge < -0.3 is 15.4 Å². The standard InChI is InChI=1S/C18H15F5N2O3/c1-24-17(27)16(11-4-7-13(19)14(20)9-11)25-15(26)8-10-2-5-12(6-3-10)28-18(21,22)23/h2-7,9,16H,8H2,1H3,(H,24,27)(H,25,26). The van der Waals surface area contributed by atoms with Crippen LogP contribution in [0, 0.1) is 11.6 Å². The number of amides is 2. The van der Waals surface area contributed by atoms with Gasteiger partial charge in [0.2, 0.25) is 11.8 Å². The Kier molecular flexibility index (Phi) is 6.55. The van der Waals surface area contributed by atoms with Crippen LogP contribution in [-0.2, 0) is 16.0 Å². The van der Waals surface area contributed by atoms with Crippen molar-refractivity contribution in [2.24, 2.45) is 0 Å². The Morgan fingerprint density at radius 3 is 2.21 bits per heavy atom. The van der Waals surface area contributed by atoms with Gasteiger partial charge in [-0.1, -0.05) is 18.2 Å². The maximum Gasteiger partial charge on any atom is 0.573 e. The molecule has 0 bridgehead atoms. The summed E-state index contributed by atoms with van der Waals surface area (Å²) in [5, 5.41) is 4.68. The zero-order valence-electron chi connectivity index (χ0n) is 14.4. The fourth-order valence-electron chi connectivity index (χ4n) is 2.34. The van der Waals surface area contributed by atoms with Crippen LogP contribution < -0.4 is 15.4 Å². The highest BCUT2D eigenvalue weighted by Gasteiger charge is 2.31. The van der Waals surface area contributed by atoms with Crippen molar-refractivity contribution in [2.75, 3.05) is 7.05 Å². The van der Waals surface area contributed by atoms with Gasteiger partial charge >= 0.3 is 6.36 Å². The maximum absolute atomic E-state index is 13.4. The lowest BCUT2D eigenvalue weighted by atomic mass is 10.0. The number of rotatable bonds is 6. The number of carbonyl (C=O) groups excluding carboxylic acids is 2. The van der Waals surface area contributed by atoms with Crippen molar-refractivity contribution >= 4 is 11.8 Å². The van der Waals surface area contributed by atoms with Crippen LogP contribution in [0.5, 0.6) is 5.75 Å². The monoisotopic (exact) mass is 402 g/mol. The first-order chi connectivity index (χ1) is 13.1. The molecule has 10 heteroatoms. The van der Waals surface area contributed by atoms with Gasteiger partial charge in [-0.25, -0.2) is 8.78 Å². The molecule has 1 atom stereocenters. The summed E-state index contributed by atoms with van der Waals surface area (Å²) in [6, 6.07) is 6.09. The predicted octanol–water partition coefficient (Wildman–Crippen LogP) is 3.01. The highest BCUT2D eigenvalue weighted by atomic mass is 19.4. The van der Waals surface area contributed by atoms with E-state index in [-0.39, 0.29) is 12.0 Å². The Morgan fingerprint density at radius 2 is 1.68 bits per heavy atom. The van der Waals surface area contributed by atoms with Gasteiger partial charge in [0.15, 0.2) is 11.6 Å². The molecule has 2 aromatic rings. The fraction of sp³-hybridized carbons (Fsp3) is 0.222. The largest absolute Gasteiger partial charge is 0.573 e. The summed E-state index contributed by atoms with van der Waals surface area (Å²) in [5.41, 5.74) is 0.383. The van der Waals surface area contributed by atoms with E-state index in [1.54, 1.807) is 0 Å². The lowest BCUT2D eigenvalue weighted by Gasteiger charge is -2.18. The molecule has 5 nitrogen and oxygen atoms in total. The quantitative estimate of drug-likeness (QED) is 0.730. The van der Waals surface area contributed by atoms with Crippen molar-refractivity contribution in [3.63, 3.8) is 0 Å². The SMILES string of the molecule is CNC(=O)C(NC(=O)Cc1ccc(OC(F)(F)F)cc1)c1ccc(F)c(F)c1. The van der Waals surface area contributed by atoms with Crippen molar-refractivity contribution in [2.45, 2.75) is 18.8 Å². The molecule has 0 heterocycles. The summed E-state index contributed by atoms with van der Waals surface area (Å²) >= 11 is 0. The minimum absolute atomic E-state index is 0.0283. The molecular weight excluding hydrogens is 387 g/mol. The summed E-state index contributed by atoms with van der Waals surface area (Å²) in [4.78, 5) is 24.2. The fourth-order valence-corrected chi connectivity index (χ4v) is 2.34. The molecular formula is C18H15F5N2O3. The molecule has 0 aliphatic heterocycles. The number of alkyl halides is 3. The van der Waals surface area contributed by atoms with Crippen LogP contribution in [0.25, 0.3) is 0 Å². The van der Waals surface area contributed by atoms with Crippen LogP contribution in [0.15, 0.2) is 42.5 Å². The number of benzene rings is 2. The van der Waals surface area contributed by atoms with E-state index in [0.717, 1.165) is 30.3 Å². The van der Waals surface area contributed by atoms with Gasteiger partial charge in [0, 0.05) is 7.05 Å². The Balaban J connectivity index is 2.09. The maximum atomic E-state index is 13.4. The van der Waals surface area contributed by atoms with Crippen LogP contribution >= 0.6 is 0 Å². The van der Waals surface area contributed by atoms with E-state index in [1.165, 1.54) is 19.2 Å². The van der Waals surface area contributed by atoms with Gasteiger partial charge in [-0.2, -0.15) is 0 Å². The summed E-state index contributed by atoms with van der Waals surface area (Å²) in [6.07, 6.45) is -5.09. The van der Waals surface area contributed by atoms with Gasteiger partial charge in [0.1, 0.15) is 11.8 Å². The molecule has 0 spiro atoms. The first-order valence-electron chi connectivity index (χ1n) is 7.89.